The molecule has 142 valence electrons. The second-order valence-corrected chi connectivity index (χ2v) is 7.62. The summed E-state index contributed by atoms with van der Waals surface area (Å²) in [5.74, 6) is -0.956. The molecule has 1 saturated heterocycles. The molecule has 0 radical (unpaired) electrons. The average molecular weight is 376 g/mol. The summed E-state index contributed by atoms with van der Waals surface area (Å²) in [6, 6.07) is 9.47. The summed E-state index contributed by atoms with van der Waals surface area (Å²) in [6.07, 6.45) is 8.51. The van der Waals surface area contributed by atoms with E-state index in [4.69, 9.17) is 0 Å². The first kappa shape index (κ1) is 16.9. The number of nitrogens with zero attached hydrogens (tertiary/aromatic N) is 3. The highest BCUT2D eigenvalue weighted by atomic mass is 16.2. The molecular weight excluding hydrogens is 356 g/mol. The van der Waals surface area contributed by atoms with Crippen LogP contribution in [-0.2, 0) is 20.9 Å². The number of benzene rings is 1. The number of hydrogen-bond acceptors (Lipinski definition) is 4. The Kier molecular flexibility index (Phi) is 3.89. The first-order chi connectivity index (χ1) is 13.6. The minimum atomic E-state index is -0.336. The first-order valence-electron chi connectivity index (χ1n) is 9.51. The van der Waals surface area contributed by atoms with E-state index in [1.54, 1.807) is 10.9 Å². The van der Waals surface area contributed by atoms with Crippen molar-refractivity contribution >= 4 is 17.7 Å². The largest absolute Gasteiger partial charge is 0.350 e. The van der Waals surface area contributed by atoms with E-state index in [-0.39, 0.29) is 47.9 Å². The number of hydrogen-bond donors (Lipinski definition) is 1. The molecule has 2 aromatic rings. The maximum atomic E-state index is 12.7. The van der Waals surface area contributed by atoms with Crippen LogP contribution in [0.3, 0.4) is 0 Å². The smallest absolute Gasteiger partial charge is 0.240 e. The molecule has 2 aliphatic carbocycles. The van der Waals surface area contributed by atoms with Crippen LogP contribution in [-0.4, -0.2) is 38.9 Å². The van der Waals surface area contributed by atoms with E-state index in [1.807, 2.05) is 48.7 Å². The van der Waals surface area contributed by atoms with Crippen molar-refractivity contribution < 1.29 is 14.4 Å². The summed E-state index contributed by atoms with van der Waals surface area (Å²) in [6.45, 7) is 0.0821. The standard InChI is InChI=1S/C21H20N4O3/c26-17(22-11-15-4-1-2-5-16(15)25-9-3-8-23-25)12-24-20(27)18-13-6-7-14(10-13)19(18)21(24)28/h1-9,13-14,18-19H,10-12H2,(H,22,26). The van der Waals surface area contributed by atoms with Gasteiger partial charge in [0.1, 0.15) is 6.54 Å². The highest BCUT2D eigenvalue weighted by Gasteiger charge is 2.59. The van der Waals surface area contributed by atoms with Gasteiger partial charge in [-0.2, -0.15) is 5.10 Å². The van der Waals surface area contributed by atoms with Gasteiger partial charge >= 0.3 is 0 Å². The summed E-state index contributed by atoms with van der Waals surface area (Å²) < 4.78 is 1.74. The first-order valence-corrected chi connectivity index (χ1v) is 9.51. The van der Waals surface area contributed by atoms with Crippen LogP contribution in [0, 0.1) is 23.7 Å². The van der Waals surface area contributed by atoms with Gasteiger partial charge in [-0.1, -0.05) is 30.4 Å². The van der Waals surface area contributed by atoms with E-state index < -0.39 is 0 Å². The van der Waals surface area contributed by atoms with Gasteiger partial charge in [-0.25, -0.2) is 4.68 Å². The molecule has 4 unspecified atom stereocenters. The predicted molar refractivity (Wildman–Crippen MR) is 99.8 cm³/mol. The fraction of sp³-hybridized carbons (Fsp3) is 0.333. The topological polar surface area (TPSA) is 84.3 Å². The number of imide groups is 1. The number of carbonyl (C=O) groups is 3. The second kappa shape index (κ2) is 6.44. The fourth-order valence-electron chi connectivity index (χ4n) is 4.81. The molecule has 0 spiro atoms. The Morgan fingerprint density at radius 1 is 1.07 bits per heavy atom. The van der Waals surface area contributed by atoms with Gasteiger partial charge in [-0.15, -0.1) is 0 Å². The summed E-state index contributed by atoms with van der Waals surface area (Å²) in [4.78, 5) is 39.0. The second-order valence-electron chi connectivity index (χ2n) is 7.62. The molecule has 1 N–H and O–H groups in total. The molecule has 2 heterocycles. The zero-order valence-corrected chi connectivity index (χ0v) is 15.2. The number of nitrogens with one attached hydrogen (secondary N) is 1. The molecule has 2 fully saturated rings. The normalized spacial score (nSPS) is 27.5. The molecule has 1 aromatic heterocycles. The number of carbonyl (C=O) groups excluding carboxylic acids is 3. The number of para-hydroxylation sites is 1. The highest BCUT2D eigenvalue weighted by Crippen LogP contribution is 2.52. The van der Waals surface area contributed by atoms with E-state index in [9.17, 15) is 14.4 Å². The lowest BCUT2D eigenvalue weighted by Gasteiger charge is -2.17. The maximum Gasteiger partial charge on any atom is 0.240 e. The lowest BCUT2D eigenvalue weighted by molar-refractivity contribution is -0.144. The SMILES string of the molecule is O=C(CN1C(=O)C2C3C=CC(C3)C2C1=O)NCc1ccccc1-n1cccn1. The molecule has 3 aliphatic rings. The van der Waals surface area contributed by atoms with Gasteiger partial charge in [0.25, 0.3) is 0 Å². The fourth-order valence-corrected chi connectivity index (χ4v) is 4.81. The molecule has 4 atom stereocenters. The number of likely N-dealkylation sites (tertiary alicyclic amines) is 1. The zero-order valence-electron chi connectivity index (χ0n) is 15.2. The molecule has 3 amide bonds. The van der Waals surface area contributed by atoms with Crippen molar-refractivity contribution in [3.8, 4) is 5.69 Å². The Bertz CT molecular complexity index is 951. The molecule has 5 rings (SSSR count). The average Bonchev–Trinajstić information content (AvgIpc) is 3.49. The molecule has 1 aromatic carbocycles. The number of fused-ring (bicyclic) bond motifs is 5. The lowest BCUT2D eigenvalue weighted by Crippen LogP contribution is -2.41. The molecule has 7 nitrogen and oxygen atoms in total. The Morgan fingerprint density at radius 3 is 2.46 bits per heavy atom. The van der Waals surface area contributed by atoms with Gasteiger partial charge in [-0.3, -0.25) is 19.3 Å². The summed E-state index contributed by atoms with van der Waals surface area (Å²) >= 11 is 0. The van der Waals surface area contributed by atoms with Gasteiger partial charge in [0.15, 0.2) is 0 Å². The van der Waals surface area contributed by atoms with Crippen molar-refractivity contribution in [2.75, 3.05) is 6.54 Å². The van der Waals surface area contributed by atoms with Gasteiger partial charge in [-0.05, 0) is 36.0 Å². The minimum absolute atomic E-state index is 0.153. The Hall–Kier alpha value is -3.22. The zero-order chi connectivity index (χ0) is 19.3. The number of amides is 3. The van der Waals surface area contributed by atoms with Crippen LogP contribution in [0.4, 0.5) is 0 Å². The van der Waals surface area contributed by atoms with Gasteiger partial charge < -0.3 is 5.32 Å². The Morgan fingerprint density at radius 2 is 1.79 bits per heavy atom. The summed E-state index contributed by atoms with van der Waals surface area (Å²) in [5, 5.41) is 7.06. The third kappa shape index (κ3) is 2.58. The highest BCUT2D eigenvalue weighted by molar-refractivity contribution is 6.08. The van der Waals surface area contributed by atoms with Crippen molar-refractivity contribution in [2.24, 2.45) is 23.7 Å². The lowest BCUT2D eigenvalue weighted by atomic mass is 9.85. The van der Waals surface area contributed by atoms with E-state index >= 15 is 0 Å². The van der Waals surface area contributed by atoms with Crippen LogP contribution in [0.1, 0.15) is 12.0 Å². The minimum Gasteiger partial charge on any atom is -0.350 e. The van der Waals surface area contributed by atoms with Crippen molar-refractivity contribution in [1.82, 2.24) is 20.0 Å². The third-order valence-electron chi connectivity index (χ3n) is 6.08. The predicted octanol–water partition coefficient (Wildman–Crippen LogP) is 1.30. The van der Waals surface area contributed by atoms with Crippen LogP contribution in [0.25, 0.3) is 5.69 Å². The molecule has 28 heavy (non-hydrogen) atoms. The monoisotopic (exact) mass is 376 g/mol. The van der Waals surface area contributed by atoms with Crippen molar-refractivity contribution in [3.63, 3.8) is 0 Å². The molecular formula is C21H20N4O3. The molecule has 1 saturated carbocycles. The quantitative estimate of drug-likeness (QED) is 0.630. The van der Waals surface area contributed by atoms with E-state index in [0.29, 0.717) is 6.54 Å². The van der Waals surface area contributed by atoms with Crippen molar-refractivity contribution in [3.05, 3.63) is 60.4 Å². The van der Waals surface area contributed by atoms with E-state index in [1.165, 1.54) is 0 Å². The van der Waals surface area contributed by atoms with Gasteiger partial charge in [0.05, 0.1) is 17.5 Å². The van der Waals surface area contributed by atoms with Crippen molar-refractivity contribution in [2.45, 2.75) is 13.0 Å². The van der Waals surface area contributed by atoms with Gasteiger partial charge in [0, 0.05) is 18.9 Å². The number of aromatic nitrogens is 2. The van der Waals surface area contributed by atoms with Crippen molar-refractivity contribution in [1.29, 1.82) is 0 Å². The van der Waals surface area contributed by atoms with Crippen LogP contribution in [0.15, 0.2) is 54.9 Å². The van der Waals surface area contributed by atoms with Gasteiger partial charge in [0.2, 0.25) is 17.7 Å². The van der Waals surface area contributed by atoms with Crippen LogP contribution in [0.2, 0.25) is 0 Å². The molecule has 7 heteroatoms. The summed E-state index contributed by atoms with van der Waals surface area (Å²) in [5.41, 5.74) is 1.77. The molecule has 1 aliphatic heterocycles. The molecule has 2 bridgehead atoms. The number of rotatable bonds is 5. The van der Waals surface area contributed by atoms with Crippen LogP contribution < -0.4 is 5.32 Å². The Labute approximate surface area is 162 Å². The van der Waals surface area contributed by atoms with E-state index in [0.717, 1.165) is 22.6 Å². The maximum absolute atomic E-state index is 12.7. The number of allylic oxidation sites excluding steroid dienone is 2. The van der Waals surface area contributed by atoms with Crippen LogP contribution in [0.5, 0.6) is 0 Å². The third-order valence-corrected chi connectivity index (χ3v) is 6.08. The summed E-state index contributed by atoms with van der Waals surface area (Å²) in [7, 11) is 0. The van der Waals surface area contributed by atoms with E-state index in [2.05, 4.69) is 10.4 Å². The Balaban J connectivity index is 1.25. The van der Waals surface area contributed by atoms with Crippen LogP contribution >= 0.6 is 0 Å².